The summed E-state index contributed by atoms with van der Waals surface area (Å²) in [5, 5.41) is 11.6. The zero-order valence-corrected chi connectivity index (χ0v) is 11.7. The van der Waals surface area contributed by atoms with E-state index < -0.39 is 0 Å². The van der Waals surface area contributed by atoms with Gasteiger partial charge >= 0.3 is 0 Å². The van der Waals surface area contributed by atoms with Crippen molar-refractivity contribution < 1.29 is 4.74 Å². The summed E-state index contributed by atoms with van der Waals surface area (Å²) in [7, 11) is 0. The number of hydrogen-bond donors (Lipinski definition) is 1. The van der Waals surface area contributed by atoms with Crippen LogP contribution >= 0.6 is 11.6 Å². The van der Waals surface area contributed by atoms with Crippen LogP contribution < -0.4 is 5.32 Å². The van der Waals surface area contributed by atoms with Crippen molar-refractivity contribution in [2.24, 2.45) is 0 Å². The molecule has 2 fully saturated rings. The van der Waals surface area contributed by atoms with Crippen molar-refractivity contribution >= 4 is 17.5 Å². The van der Waals surface area contributed by atoms with E-state index in [9.17, 15) is 0 Å². The van der Waals surface area contributed by atoms with Crippen LogP contribution in [0.25, 0.3) is 0 Å². The van der Waals surface area contributed by atoms with Crippen molar-refractivity contribution in [3.05, 3.63) is 10.8 Å². The summed E-state index contributed by atoms with van der Waals surface area (Å²) in [6, 6.07) is 0.965. The molecular weight excluding hydrogens is 266 g/mol. The molecule has 2 saturated heterocycles. The largest absolute Gasteiger partial charge is 0.378 e. The quantitative estimate of drug-likeness (QED) is 0.897. The summed E-state index contributed by atoms with van der Waals surface area (Å²) >= 11 is 5.83. The molecule has 0 amide bonds. The molecule has 0 spiro atoms. The topological polar surface area (TPSA) is 63.2 Å². The lowest BCUT2D eigenvalue weighted by Crippen LogP contribution is -2.54. The molecule has 3 heterocycles. The van der Waals surface area contributed by atoms with Gasteiger partial charge in [0.25, 0.3) is 0 Å². The number of nitrogens with zero attached hydrogens (tertiary/aromatic N) is 4. The molecule has 0 aliphatic carbocycles. The van der Waals surface area contributed by atoms with Crippen molar-refractivity contribution in [3.8, 4) is 0 Å². The van der Waals surface area contributed by atoms with Crippen LogP contribution in [-0.4, -0.2) is 58.5 Å². The zero-order chi connectivity index (χ0) is 13.2. The maximum absolute atomic E-state index is 5.83. The van der Waals surface area contributed by atoms with E-state index in [-0.39, 0.29) is 0 Å². The zero-order valence-electron chi connectivity index (χ0n) is 11.0. The Morgan fingerprint density at radius 1 is 1.37 bits per heavy atom. The number of rotatable bonds is 3. The minimum Gasteiger partial charge on any atom is -0.378 e. The molecule has 1 N–H and O–H groups in total. The first kappa shape index (κ1) is 13.0. The van der Waals surface area contributed by atoms with Gasteiger partial charge in [-0.2, -0.15) is 0 Å². The fourth-order valence-electron chi connectivity index (χ4n) is 2.52. The van der Waals surface area contributed by atoms with Crippen LogP contribution in [0.5, 0.6) is 0 Å². The Labute approximate surface area is 117 Å². The summed E-state index contributed by atoms with van der Waals surface area (Å²) in [4.78, 5) is 6.80. The fraction of sp³-hybridized carbons (Fsp3) is 0.750. The minimum atomic E-state index is 0.363. The van der Waals surface area contributed by atoms with Gasteiger partial charge < -0.3 is 10.1 Å². The maximum atomic E-state index is 5.83. The number of aromatic nitrogens is 3. The maximum Gasteiger partial charge on any atom is 0.243 e. The average molecular weight is 284 g/mol. The molecule has 3 rings (SSSR count). The molecule has 0 radical (unpaired) electrons. The first-order valence-electron chi connectivity index (χ1n) is 6.67. The van der Waals surface area contributed by atoms with Gasteiger partial charge in [-0.05, 0) is 26.3 Å². The highest BCUT2D eigenvalue weighted by atomic mass is 35.5. The monoisotopic (exact) mass is 283 g/mol. The van der Waals surface area contributed by atoms with Crippen molar-refractivity contribution in [1.29, 1.82) is 0 Å². The van der Waals surface area contributed by atoms with E-state index in [0.717, 1.165) is 32.7 Å². The van der Waals surface area contributed by atoms with Gasteiger partial charge in [0, 0.05) is 12.6 Å². The van der Waals surface area contributed by atoms with Crippen molar-refractivity contribution in [2.45, 2.75) is 31.8 Å². The number of piperidine rings is 1. The van der Waals surface area contributed by atoms with E-state index in [1.165, 1.54) is 6.42 Å². The number of ether oxygens (including phenoxy) is 1. The van der Waals surface area contributed by atoms with Crippen molar-refractivity contribution in [1.82, 2.24) is 20.1 Å². The molecule has 0 aromatic carbocycles. The first-order valence-corrected chi connectivity index (χ1v) is 7.05. The second kappa shape index (κ2) is 5.56. The van der Waals surface area contributed by atoms with E-state index in [1.54, 1.807) is 0 Å². The van der Waals surface area contributed by atoms with Crippen molar-refractivity contribution in [2.75, 3.05) is 31.6 Å². The van der Waals surface area contributed by atoms with Crippen LogP contribution in [0.1, 0.15) is 18.5 Å². The number of halogens is 1. The molecule has 0 bridgehead atoms. The third kappa shape index (κ3) is 2.96. The minimum absolute atomic E-state index is 0.363. The number of likely N-dealkylation sites (tertiary alicyclic amines) is 1. The molecule has 7 heteroatoms. The Bertz CT molecular complexity index is 454. The smallest absolute Gasteiger partial charge is 0.243 e. The van der Waals surface area contributed by atoms with E-state index >= 15 is 0 Å². The predicted octanol–water partition coefficient (Wildman–Crippen LogP) is 1.11. The third-order valence-corrected chi connectivity index (χ3v) is 4.08. The molecule has 1 atom stereocenters. The summed E-state index contributed by atoms with van der Waals surface area (Å²) in [5.74, 6) is 0.568. The molecule has 2 aliphatic heterocycles. The van der Waals surface area contributed by atoms with E-state index in [0.29, 0.717) is 28.9 Å². The summed E-state index contributed by atoms with van der Waals surface area (Å²) in [6.07, 6.45) is 2.32. The molecule has 1 aromatic rings. The van der Waals surface area contributed by atoms with Crippen molar-refractivity contribution in [3.63, 3.8) is 0 Å². The van der Waals surface area contributed by atoms with Gasteiger partial charge in [-0.1, -0.05) is 11.6 Å². The number of aryl methyl sites for hydroxylation is 1. The number of nitrogens with one attached hydrogen (secondary N) is 1. The van der Waals surface area contributed by atoms with Crippen LogP contribution in [0.15, 0.2) is 0 Å². The van der Waals surface area contributed by atoms with Crippen LogP contribution in [0.4, 0.5) is 5.95 Å². The Hall–Kier alpha value is -0.980. The molecular formula is C12H18ClN5O. The Balaban J connectivity index is 1.60. The highest BCUT2D eigenvalue weighted by Gasteiger charge is 2.30. The van der Waals surface area contributed by atoms with E-state index in [2.05, 4.69) is 25.4 Å². The van der Waals surface area contributed by atoms with Gasteiger partial charge in [0.1, 0.15) is 0 Å². The molecule has 0 unspecified atom stereocenters. The molecule has 0 saturated carbocycles. The Morgan fingerprint density at radius 3 is 2.89 bits per heavy atom. The molecule has 104 valence electrons. The normalized spacial score (nSPS) is 25.1. The molecule has 1 aromatic heterocycles. The lowest BCUT2D eigenvalue weighted by molar-refractivity contribution is -0.0710. The summed E-state index contributed by atoms with van der Waals surface area (Å²) in [5.41, 5.74) is 0.708. The second-order valence-corrected chi connectivity index (χ2v) is 5.54. The van der Waals surface area contributed by atoms with E-state index in [4.69, 9.17) is 16.3 Å². The summed E-state index contributed by atoms with van der Waals surface area (Å²) in [6.45, 7) is 5.74. The second-order valence-electron chi connectivity index (χ2n) is 5.18. The van der Waals surface area contributed by atoms with E-state index in [1.807, 2.05) is 6.92 Å². The third-order valence-electron chi connectivity index (χ3n) is 3.73. The summed E-state index contributed by atoms with van der Waals surface area (Å²) < 4.78 is 5.26. The Kier molecular flexibility index (Phi) is 3.81. The van der Waals surface area contributed by atoms with Gasteiger partial charge in [-0.15, -0.1) is 10.2 Å². The molecule has 6 nitrogen and oxygen atoms in total. The Morgan fingerprint density at radius 2 is 2.21 bits per heavy atom. The fourth-order valence-corrected chi connectivity index (χ4v) is 2.60. The SMILES string of the molecule is Cc1nc(N[C@@H]2CCCN(C3COC3)C2)nnc1Cl. The van der Waals surface area contributed by atoms with Gasteiger partial charge in [0.2, 0.25) is 5.95 Å². The van der Waals surface area contributed by atoms with Gasteiger partial charge in [0.05, 0.1) is 24.9 Å². The van der Waals surface area contributed by atoms with Crippen LogP contribution in [0.3, 0.4) is 0 Å². The van der Waals surface area contributed by atoms with Gasteiger partial charge in [-0.3, -0.25) is 4.90 Å². The predicted molar refractivity (Wildman–Crippen MR) is 72.4 cm³/mol. The van der Waals surface area contributed by atoms with Crippen LogP contribution in [0, 0.1) is 6.92 Å². The van der Waals surface area contributed by atoms with Gasteiger partial charge in [-0.25, -0.2) is 4.98 Å². The average Bonchev–Trinajstić information content (AvgIpc) is 2.32. The van der Waals surface area contributed by atoms with Crippen LogP contribution in [-0.2, 0) is 4.74 Å². The number of anilines is 1. The highest BCUT2D eigenvalue weighted by molar-refractivity contribution is 6.29. The lowest BCUT2D eigenvalue weighted by atomic mass is 10.0. The number of hydrogen-bond acceptors (Lipinski definition) is 6. The molecule has 19 heavy (non-hydrogen) atoms. The standard InChI is InChI=1S/C12H18ClN5O/c1-8-11(13)16-17-12(14-8)15-9-3-2-4-18(5-9)10-6-19-7-10/h9-10H,2-7H2,1H3,(H,14,15,17)/t9-/m1/s1. The highest BCUT2D eigenvalue weighted by Crippen LogP contribution is 2.19. The molecule has 2 aliphatic rings. The van der Waals surface area contributed by atoms with Crippen LogP contribution in [0.2, 0.25) is 5.15 Å². The van der Waals surface area contributed by atoms with Gasteiger partial charge in [0.15, 0.2) is 5.15 Å². The lowest BCUT2D eigenvalue weighted by Gasteiger charge is -2.42. The first-order chi connectivity index (χ1) is 9.22.